The smallest absolute Gasteiger partial charge is 0.329 e. The number of aliphatic carboxylic acids is 1. The van der Waals surface area contributed by atoms with E-state index in [1.165, 1.54) is 11.3 Å². The molecule has 0 spiro atoms. The van der Waals surface area contributed by atoms with E-state index in [0.29, 0.717) is 17.7 Å². The number of carbonyl (C=O) groups excluding carboxylic acids is 1. The number of nitrogens with one attached hydrogen (secondary N) is 1. The van der Waals surface area contributed by atoms with Crippen molar-refractivity contribution in [2.75, 3.05) is 7.11 Å². The summed E-state index contributed by atoms with van der Waals surface area (Å²) in [7, 11) is 1.62. The maximum Gasteiger partial charge on any atom is 0.329 e. The number of rotatable bonds is 5. The third-order valence-electron chi connectivity index (χ3n) is 4.76. The van der Waals surface area contributed by atoms with Crippen LogP contribution in [0.3, 0.4) is 0 Å². The fourth-order valence-corrected chi connectivity index (χ4v) is 4.24. The molecule has 1 saturated carbocycles. The number of carboxylic acid groups (broad SMARTS) is 1. The van der Waals surface area contributed by atoms with Crippen molar-refractivity contribution in [2.24, 2.45) is 0 Å². The van der Waals surface area contributed by atoms with Crippen molar-refractivity contribution >= 4 is 23.2 Å². The number of hydrogen-bond donors (Lipinski definition) is 2. The zero-order valence-corrected chi connectivity index (χ0v) is 15.1. The van der Waals surface area contributed by atoms with Gasteiger partial charge in [-0.15, -0.1) is 11.3 Å². The van der Waals surface area contributed by atoms with Gasteiger partial charge in [-0.3, -0.25) is 4.79 Å². The SMILES string of the molecule is COc1ccc(-c2cc(C(=O)NC3(C(=O)O)CCCC3)sc2C)cc1. The second-order valence-electron chi connectivity index (χ2n) is 6.36. The number of thiophene rings is 1. The molecule has 1 aliphatic carbocycles. The van der Waals surface area contributed by atoms with Crippen molar-refractivity contribution in [3.63, 3.8) is 0 Å². The van der Waals surface area contributed by atoms with Crippen LogP contribution < -0.4 is 10.1 Å². The van der Waals surface area contributed by atoms with E-state index < -0.39 is 11.5 Å². The van der Waals surface area contributed by atoms with E-state index in [4.69, 9.17) is 4.74 Å². The quantitative estimate of drug-likeness (QED) is 0.850. The van der Waals surface area contributed by atoms with Crippen molar-refractivity contribution in [1.82, 2.24) is 5.32 Å². The molecule has 2 aromatic rings. The van der Waals surface area contributed by atoms with E-state index in [9.17, 15) is 14.7 Å². The van der Waals surface area contributed by atoms with Crippen molar-refractivity contribution in [2.45, 2.75) is 38.1 Å². The molecule has 2 N–H and O–H groups in total. The monoisotopic (exact) mass is 359 g/mol. The number of ether oxygens (including phenoxy) is 1. The fraction of sp³-hybridized carbons (Fsp3) is 0.368. The van der Waals surface area contributed by atoms with Crippen LogP contribution in [-0.2, 0) is 4.79 Å². The number of hydrogen-bond acceptors (Lipinski definition) is 4. The molecule has 0 saturated heterocycles. The van der Waals surface area contributed by atoms with E-state index in [-0.39, 0.29) is 5.91 Å². The fourth-order valence-electron chi connectivity index (χ4n) is 3.30. The summed E-state index contributed by atoms with van der Waals surface area (Å²) in [4.78, 5) is 25.8. The first-order valence-corrected chi connectivity index (χ1v) is 9.07. The molecule has 1 aliphatic rings. The van der Waals surface area contributed by atoms with Crippen LogP contribution in [0, 0.1) is 6.92 Å². The number of methoxy groups -OCH3 is 1. The van der Waals surface area contributed by atoms with Gasteiger partial charge in [0.2, 0.25) is 0 Å². The molecule has 0 bridgehead atoms. The summed E-state index contributed by atoms with van der Waals surface area (Å²) in [5.74, 6) is -0.474. The topological polar surface area (TPSA) is 75.6 Å². The van der Waals surface area contributed by atoms with Crippen molar-refractivity contribution < 1.29 is 19.4 Å². The van der Waals surface area contributed by atoms with Crippen LogP contribution in [0.15, 0.2) is 30.3 Å². The molecule has 1 aromatic carbocycles. The molecule has 6 heteroatoms. The number of carboxylic acids is 1. The Morgan fingerprint density at radius 1 is 1.20 bits per heavy atom. The van der Waals surface area contributed by atoms with E-state index in [1.54, 1.807) is 7.11 Å². The number of benzene rings is 1. The molecule has 1 heterocycles. The first-order valence-electron chi connectivity index (χ1n) is 8.26. The Bertz CT molecular complexity index is 788. The molecule has 3 rings (SSSR count). The molecular weight excluding hydrogens is 338 g/mol. The normalized spacial score (nSPS) is 15.8. The second kappa shape index (κ2) is 6.88. The lowest BCUT2D eigenvalue weighted by Crippen LogP contribution is -2.52. The van der Waals surface area contributed by atoms with Crippen molar-refractivity contribution in [1.29, 1.82) is 0 Å². The molecule has 5 nitrogen and oxygen atoms in total. The maximum absolute atomic E-state index is 12.6. The van der Waals surface area contributed by atoms with E-state index in [2.05, 4.69) is 5.32 Å². The Morgan fingerprint density at radius 2 is 1.84 bits per heavy atom. The Balaban J connectivity index is 1.83. The van der Waals surface area contributed by atoms with Gasteiger partial charge in [0.25, 0.3) is 5.91 Å². The zero-order chi connectivity index (χ0) is 18.0. The predicted octanol–water partition coefficient (Wildman–Crippen LogP) is 3.86. The highest BCUT2D eigenvalue weighted by Crippen LogP contribution is 2.34. The molecule has 0 radical (unpaired) electrons. The standard InChI is InChI=1S/C19H21NO4S/c1-12-15(13-5-7-14(24-2)8-6-13)11-16(25-12)17(21)20-19(18(22)23)9-3-4-10-19/h5-8,11H,3-4,9-10H2,1-2H3,(H,20,21)(H,22,23). The maximum atomic E-state index is 12.6. The average Bonchev–Trinajstić information content (AvgIpc) is 3.22. The molecule has 1 fully saturated rings. The van der Waals surface area contributed by atoms with E-state index >= 15 is 0 Å². The minimum Gasteiger partial charge on any atom is -0.497 e. The first-order chi connectivity index (χ1) is 11.9. The van der Waals surface area contributed by atoms with Gasteiger partial charge < -0.3 is 15.2 Å². The van der Waals surface area contributed by atoms with Gasteiger partial charge in [-0.2, -0.15) is 0 Å². The molecule has 1 amide bonds. The third kappa shape index (κ3) is 3.39. The van der Waals surface area contributed by atoms with E-state index in [1.807, 2.05) is 37.3 Å². The molecule has 0 unspecified atom stereocenters. The van der Waals surface area contributed by atoms with Gasteiger partial charge in [0.15, 0.2) is 0 Å². The van der Waals surface area contributed by atoms with Crippen LogP contribution >= 0.6 is 11.3 Å². The van der Waals surface area contributed by atoms with Gasteiger partial charge >= 0.3 is 5.97 Å². The largest absolute Gasteiger partial charge is 0.497 e. The van der Waals surface area contributed by atoms with Gasteiger partial charge in [0.05, 0.1) is 12.0 Å². The molecule has 132 valence electrons. The van der Waals surface area contributed by atoms with Gasteiger partial charge in [-0.25, -0.2) is 4.79 Å². The lowest BCUT2D eigenvalue weighted by atomic mass is 9.97. The van der Waals surface area contributed by atoms with Crippen LogP contribution in [0.2, 0.25) is 0 Å². The summed E-state index contributed by atoms with van der Waals surface area (Å²) in [6.45, 7) is 1.96. The Labute approximate surface area is 150 Å². The molecule has 25 heavy (non-hydrogen) atoms. The number of carbonyl (C=O) groups is 2. The van der Waals surface area contributed by atoms with Crippen LogP contribution in [0.5, 0.6) is 5.75 Å². The highest BCUT2D eigenvalue weighted by atomic mass is 32.1. The summed E-state index contributed by atoms with van der Waals surface area (Å²) in [5, 5.41) is 12.3. The third-order valence-corrected chi connectivity index (χ3v) is 5.81. The van der Waals surface area contributed by atoms with E-state index in [0.717, 1.165) is 34.6 Å². The molecule has 1 aromatic heterocycles. The minimum atomic E-state index is -1.12. The van der Waals surface area contributed by atoms with Crippen molar-refractivity contribution in [3.8, 4) is 16.9 Å². The van der Waals surface area contributed by atoms with Crippen LogP contribution in [0.1, 0.15) is 40.2 Å². The second-order valence-corrected chi connectivity index (χ2v) is 7.61. The Morgan fingerprint density at radius 3 is 2.40 bits per heavy atom. The highest BCUT2D eigenvalue weighted by Gasteiger charge is 2.42. The first kappa shape index (κ1) is 17.5. The highest BCUT2D eigenvalue weighted by molar-refractivity contribution is 7.14. The summed E-state index contributed by atoms with van der Waals surface area (Å²) >= 11 is 1.38. The van der Waals surface area contributed by atoms with Gasteiger partial charge in [-0.1, -0.05) is 25.0 Å². The van der Waals surface area contributed by atoms with Gasteiger partial charge in [0, 0.05) is 4.88 Å². The van der Waals surface area contributed by atoms with Gasteiger partial charge in [-0.05, 0) is 49.1 Å². The Kier molecular flexibility index (Phi) is 4.81. The lowest BCUT2D eigenvalue weighted by Gasteiger charge is -2.24. The lowest BCUT2D eigenvalue weighted by molar-refractivity contribution is -0.144. The molecular formula is C19H21NO4S. The number of aryl methyl sites for hydroxylation is 1. The predicted molar refractivity (Wildman–Crippen MR) is 97.3 cm³/mol. The van der Waals surface area contributed by atoms with Crippen molar-refractivity contribution in [3.05, 3.63) is 40.1 Å². The zero-order valence-electron chi connectivity index (χ0n) is 14.3. The summed E-state index contributed by atoms with van der Waals surface area (Å²) in [6, 6.07) is 9.49. The summed E-state index contributed by atoms with van der Waals surface area (Å²) < 4.78 is 5.17. The summed E-state index contributed by atoms with van der Waals surface area (Å²) in [5.41, 5.74) is 0.867. The Hall–Kier alpha value is -2.34. The average molecular weight is 359 g/mol. The molecule has 0 atom stereocenters. The minimum absolute atomic E-state index is 0.308. The van der Waals surface area contributed by atoms with Gasteiger partial charge in [0.1, 0.15) is 11.3 Å². The van der Waals surface area contributed by atoms with Crippen LogP contribution in [-0.4, -0.2) is 29.6 Å². The number of amides is 1. The van der Waals surface area contributed by atoms with Crippen LogP contribution in [0.4, 0.5) is 0 Å². The summed E-state index contributed by atoms with van der Waals surface area (Å²) in [6.07, 6.45) is 2.63. The van der Waals surface area contributed by atoms with Crippen LogP contribution in [0.25, 0.3) is 11.1 Å². The molecule has 0 aliphatic heterocycles.